The molecule has 0 aromatic carbocycles. The monoisotopic (exact) mass is 215 g/mol. The van der Waals surface area contributed by atoms with Gasteiger partial charge in [-0.15, -0.1) is 5.92 Å². The minimum Gasteiger partial charge on any atom is -0.354 e. The van der Waals surface area contributed by atoms with Crippen LogP contribution in [-0.2, 0) is 0 Å². The number of nitrogens with zero attached hydrogens (tertiary/aromatic N) is 3. The molecule has 0 saturated carbocycles. The van der Waals surface area contributed by atoms with Gasteiger partial charge in [0.25, 0.3) is 0 Å². The molecule has 1 aliphatic heterocycles. The largest absolute Gasteiger partial charge is 0.354 e. The van der Waals surface area contributed by atoms with Gasteiger partial charge in [-0.1, -0.05) is 5.92 Å². The molecule has 84 valence electrons. The number of aromatic nitrogens is 1. The molecule has 0 N–H and O–H groups in total. The SMILES string of the molecule is CC#Cc1ccc(N2CCN(C)CC2)nc1. The molecule has 1 saturated heterocycles. The lowest BCUT2D eigenvalue weighted by Crippen LogP contribution is -2.44. The number of likely N-dealkylation sites (N-methyl/N-ethyl adjacent to an activating group) is 1. The number of anilines is 1. The van der Waals surface area contributed by atoms with Crippen LogP contribution in [-0.4, -0.2) is 43.1 Å². The Bertz CT molecular complexity index is 391. The summed E-state index contributed by atoms with van der Waals surface area (Å²) in [5.74, 6) is 6.95. The van der Waals surface area contributed by atoms with E-state index in [1.165, 1.54) is 0 Å². The smallest absolute Gasteiger partial charge is 0.128 e. The third-order valence-electron chi connectivity index (χ3n) is 2.84. The average Bonchev–Trinajstić information content (AvgIpc) is 2.32. The Morgan fingerprint density at radius 2 is 1.94 bits per heavy atom. The summed E-state index contributed by atoms with van der Waals surface area (Å²) in [6, 6.07) is 4.10. The fourth-order valence-corrected chi connectivity index (χ4v) is 1.83. The van der Waals surface area contributed by atoms with Gasteiger partial charge in [-0.3, -0.25) is 0 Å². The molecule has 0 atom stereocenters. The minimum absolute atomic E-state index is 0.986. The van der Waals surface area contributed by atoms with E-state index in [-0.39, 0.29) is 0 Å². The van der Waals surface area contributed by atoms with Crippen LogP contribution in [0.1, 0.15) is 12.5 Å². The standard InChI is InChI=1S/C13H17N3/c1-3-4-12-5-6-13(14-11-12)16-9-7-15(2)8-10-16/h5-6,11H,7-10H2,1-2H3. The van der Waals surface area contributed by atoms with Crippen LogP contribution in [0.25, 0.3) is 0 Å². The molecule has 0 bridgehead atoms. The predicted octanol–water partition coefficient (Wildman–Crippen LogP) is 1.20. The normalized spacial score (nSPS) is 16.8. The summed E-state index contributed by atoms with van der Waals surface area (Å²) in [7, 11) is 2.16. The van der Waals surface area contributed by atoms with Gasteiger partial charge in [0.15, 0.2) is 0 Å². The van der Waals surface area contributed by atoms with Gasteiger partial charge in [-0.25, -0.2) is 4.98 Å². The lowest BCUT2D eigenvalue weighted by atomic mass is 10.2. The zero-order valence-corrected chi connectivity index (χ0v) is 9.90. The highest BCUT2D eigenvalue weighted by atomic mass is 15.3. The number of hydrogen-bond acceptors (Lipinski definition) is 3. The van der Waals surface area contributed by atoms with Gasteiger partial charge in [-0.05, 0) is 26.1 Å². The zero-order valence-electron chi connectivity index (χ0n) is 9.90. The topological polar surface area (TPSA) is 19.4 Å². The fourth-order valence-electron chi connectivity index (χ4n) is 1.83. The summed E-state index contributed by atoms with van der Waals surface area (Å²) in [6.45, 7) is 6.18. The van der Waals surface area contributed by atoms with Gasteiger partial charge in [0.2, 0.25) is 0 Å². The Kier molecular flexibility index (Phi) is 3.43. The van der Waals surface area contributed by atoms with Crippen LogP contribution < -0.4 is 4.90 Å². The Morgan fingerprint density at radius 3 is 2.50 bits per heavy atom. The van der Waals surface area contributed by atoms with Gasteiger partial charge in [-0.2, -0.15) is 0 Å². The summed E-state index contributed by atoms with van der Waals surface area (Å²) < 4.78 is 0. The van der Waals surface area contributed by atoms with Crippen LogP contribution in [0.3, 0.4) is 0 Å². The highest BCUT2D eigenvalue weighted by Gasteiger charge is 2.14. The molecule has 2 rings (SSSR count). The van der Waals surface area contributed by atoms with E-state index in [0.29, 0.717) is 0 Å². The molecule has 16 heavy (non-hydrogen) atoms. The first-order chi connectivity index (χ1) is 7.79. The second-order valence-corrected chi connectivity index (χ2v) is 4.07. The summed E-state index contributed by atoms with van der Waals surface area (Å²) >= 11 is 0. The van der Waals surface area contributed by atoms with Crippen LogP contribution in [0.5, 0.6) is 0 Å². The van der Waals surface area contributed by atoms with Crippen molar-refractivity contribution in [2.75, 3.05) is 38.1 Å². The van der Waals surface area contributed by atoms with Crippen LogP contribution in [0.4, 0.5) is 5.82 Å². The number of rotatable bonds is 1. The molecule has 0 aliphatic carbocycles. The predicted molar refractivity (Wildman–Crippen MR) is 66.5 cm³/mol. The molecule has 1 aliphatic rings. The summed E-state index contributed by atoms with van der Waals surface area (Å²) in [4.78, 5) is 9.11. The summed E-state index contributed by atoms with van der Waals surface area (Å²) in [5, 5.41) is 0. The van der Waals surface area contributed by atoms with Crippen molar-refractivity contribution in [1.29, 1.82) is 0 Å². The minimum atomic E-state index is 0.986. The van der Waals surface area contributed by atoms with E-state index < -0.39 is 0 Å². The third-order valence-corrected chi connectivity index (χ3v) is 2.84. The highest BCUT2D eigenvalue weighted by Crippen LogP contribution is 2.12. The fraction of sp³-hybridized carbons (Fsp3) is 0.462. The average molecular weight is 215 g/mol. The first kappa shape index (κ1) is 11.0. The zero-order chi connectivity index (χ0) is 11.4. The number of pyridine rings is 1. The van der Waals surface area contributed by atoms with Gasteiger partial charge in [0.1, 0.15) is 5.82 Å². The summed E-state index contributed by atoms with van der Waals surface area (Å²) in [5.41, 5.74) is 0.986. The Labute approximate surface area is 97.1 Å². The lowest BCUT2D eigenvalue weighted by Gasteiger charge is -2.33. The van der Waals surface area contributed by atoms with E-state index in [0.717, 1.165) is 37.6 Å². The van der Waals surface area contributed by atoms with Crippen LogP contribution >= 0.6 is 0 Å². The second-order valence-electron chi connectivity index (χ2n) is 4.07. The Balaban J connectivity index is 2.06. The van der Waals surface area contributed by atoms with Gasteiger partial charge in [0.05, 0.1) is 0 Å². The first-order valence-corrected chi connectivity index (χ1v) is 5.62. The Morgan fingerprint density at radius 1 is 1.19 bits per heavy atom. The van der Waals surface area contributed by atoms with Gasteiger partial charge >= 0.3 is 0 Å². The lowest BCUT2D eigenvalue weighted by molar-refractivity contribution is 0.312. The van der Waals surface area contributed by atoms with E-state index >= 15 is 0 Å². The van der Waals surface area contributed by atoms with Crippen molar-refractivity contribution in [3.63, 3.8) is 0 Å². The number of hydrogen-bond donors (Lipinski definition) is 0. The maximum absolute atomic E-state index is 4.45. The maximum atomic E-state index is 4.45. The van der Waals surface area contributed by atoms with Crippen LogP contribution in [0.2, 0.25) is 0 Å². The quantitative estimate of drug-likeness (QED) is 0.656. The highest BCUT2D eigenvalue weighted by molar-refractivity contribution is 5.43. The number of piperazine rings is 1. The van der Waals surface area contributed by atoms with Crippen LogP contribution in [0.15, 0.2) is 18.3 Å². The molecule has 3 heteroatoms. The summed E-state index contributed by atoms with van der Waals surface area (Å²) in [6.07, 6.45) is 1.85. The molecule has 3 nitrogen and oxygen atoms in total. The van der Waals surface area contributed by atoms with Gasteiger partial charge < -0.3 is 9.80 Å². The molecule has 0 radical (unpaired) electrons. The molecule has 1 aromatic rings. The van der Waals surface area contributed by atoms with Crippen molar-refractivity contribution < 1.29 is 0 Å². The van der Waals surface area contributed by atoms with Crippen molar-refractivity contribution in [3.8, 4) is 11.8 Å². The second kappa shape index (κ2) is 5.00. The Hall–Kier alpha value is -1.53. The van der Waals surface area contributed by atoms with E-state index in [4.69, 9.17) is 0 Å². The van der Waals surface area contributed by atoms with E-state index in [1.807, 2.05) is 19.2 Å². The molecule has 2 heterocycles. The first-order valence-electron chi connectivity index (χ1n) is 5.62. The van der Waals surface area contributed by atoms with Crippen molar-refractivity contribution in [3.05, 3.63) is 23.9 Å². The molecular weight excluding hydrogens is 198 g/mol. The van der Waals surface area contributed by atoms with Crippen molar-refractivity contribution >= 4 is 5.82 Å². The molecular formula is C13H17N3. The van der Waals surface area contributed by atoms with Crippen molar-refractivity contribution in [1.82, 2.24) is 9.88 Å². The van der Waals surface area contributed by atoms with E-state index in [9.17, 15) is 0 Å². The van der Waals surface area contributed by atoms with Gasteiger partial charge in [0, 0.05) is 37.9 Å². The molecule has 1 fully saturated rings. The van der Waals surface area contributed by atoms with Crippen LogP contribution in [0, 0.1) is 11.8 Å². The third kappa shape index (κ3) is 2.53. The molecule has 0 amide bonds. The maximum Gasteiger partial charge on any atom is 0.128 e. The molecule has 0 unspecified atom stereocenters. The van der Waals surface area contributed by atoms with E-state index in [2.05, 4.69) is 39.7 Å². The van der Waals surface area contributed by atoms with Crippen molar-refractivity contribution in [2.24, 2.45) is 0 Å². The van der Waals surface area contributed by atoms with Crippen molar-refractivity contribution in [2.45, 2.75) is 6.92 Å². The molecule has 1 aromatic heterocycles. The molecule has 0 spiro atoms. The van der Waals surface area contributed by atoms with E-state index in [1.54, 1.807) is 0 Å².